The van der Waals surface area contributed by atoms with Gasteiger partial charge in [-0.15, -0.1) is 0 Å². The van der Waals surface area contributed by atoms with Gasteiger partial charge >= 0.3 is 0 Å². The molecule has 0 aliphatic carbocycles. The number of anilines is 3. The van der Waals surface area contributed by atoms with E-state index < -0.39 is 0 Å². The monoisotopic (exact) mass is 382 g/mol. The second kappa shape index (κ2) is 8.73. The first-order valence-electron chi connectivity index (χ1n) is 8.79. The maximum Gasteiger partial charge on any atom is 0.229 e. The molecule has 0 radical (unpaired) electrons. The number of ether oxygens (including phenoxy) is 1. The zero-order valence-electron chi connectivity index (χ0n) is 15.7. The molecular weight excluding hydrogens is 360 g/mol. The van der Waals surface area contributed by atoms with Gasteiger partial charge in [-0.1, -0.05) is 23.7 Å². The summed E-state index contributed by atoms with van der Waals surface area (Å²) >= 11 is 6.02. The van der Waals surface area contributed by atoms with E-state index in [2.05, 4.69) is 26.7 Å². The molecule has 0 aliphatic heterocycles. The third-order valence-electron chi connectivity index (χ3n) is 4.14. The Balaban J connectivity index is 1.66. The zero-order chi connectivity index (χ0) is 19.2. The van der Waals surface area contributed by atoms with E-state index in [0.29, 0.717) is 11.0 Å². The molecule has 0 amide bonds. The van der Waals surface area contributed by atoms with Crippen molar-refractivity contribution in [3.63, 3.8) is 0 Å². The fraction of sp³-hybridized carbons (Fsp3) is 0.238. The van der Waals surface area contributed by atoms with E-state index in [1.807, 2.05) is 56.3 Å². The smallest absolute Gasteiger partial charge is 0.229 e. The fourth-order valence-corrected chi connectivity index (χ4v) is 2.99. The highest BCUT2D eigenvalue weighted by molar-refractivity contribution is 6.30. The van der Waals surface area contributed by atoms with Gasteiger partial charge in [-0.2, -0.15) is 4.98 Å². The van der Waals surface area contributed by atoms with Gasteiger partial charge in [-0.3, -0.25) is 0 Å². The number of hydrogen-bond donors (Lipinski definition) is 2. The maximum atomic E-state index is 6.02. The van der Waals surface area contributed by atoms with Crippen molar-refractivity contribution in [1.29, 1.82) is 0 Å². The number of methoxy groups -OCH3 is 1. The zero-order valence-corrected chi connectivity index (χ0v) is 16.5. The molecule has 1 aromatic heterocycles. The van der Waals surface area contributed by atoms with E-state index in [-0.39, 0.29) is 0 Å². The van der Waals surface area contributed by atoms with Crippen LogP contribution in [0.15, 0.2) is 48.5 Å². The Hall–Kier alpha value is -2.79. The van der Waals surface area contributed by atoms with E-state index in [1.165, 1.54) is 5.56 Å². The van der Waals surface area contributed by atoms with Crippen LogP contribution in [0.4, 0.5) is 17.5 Å². The largest absolute Gasteiger partial charge is 0.497 e. The summed E-state index contributed by atoms with van der Waals surface area (Å²) in [6.45, 7) is 4.72. The molecule has 0 unspecified atom stereocenters. The molecule has 6 heteroatoms. The minimum absolute atomic E-state index is 0.560. The van der Waals surface area contributed by atoms with Crippen LogP contribution in [0.25, 0.3) is 0 Å². The molecule has 0 atom stereocenters. The lowest BCUT2D eigenvalue weighted by Gasteiger charge is -2.12. The fourth-order valence-electron chi connectivity index (χ4n) is 2.77. The van der Waals surface area contributed by atoms with Crippen LogP contribution in [0.3, 0.4) is 0 Å². The SMILES string of the molecule is COc1cccc(CCNc2cc(C)nc(Nc3ccc(Cl)cc3C)n2)c1. The van der Waals surface area contributed by atoms with Gasteiger partial charge in [0.05, 0.1) is 7.11 Å². The van der Waals surface area contributed by atoms with Crippen molar-refractivity contribution in [2.24, 2.45) is 0 Å². The van der Waals surface area contributed by atoms with Crippen LogP contribution < -0.4 is 15.4 Å². The quantitative estimate of drug-likeness (QED) is 0.591. The second-order valence-electron chi connectivity index (χ2n) is 6.33. The Morgan fingerprint density at radius 1 is 1.04 bits per heavy atom. The lowest BCUT2D eigenvalue weighted by molar-refractivity contribution is 0.414. The van der Waals surface area contributed by atoms with Crippen LogP contribution in [-0.2, 0) is 6.42 Å². The summed E-state index contributed by atoms with van der Waals surface area (Å²) in [7, 11) is 1.68. The number of nitrogens with zero attached hydrogens (tertiary/aromatic N) is 2. The molecule has 1 heterocycles. The Labute approximate surface area is 164 Å². The van der Waals surface area contributed by atoms with Crippen molar-refractivity contribution >= 4 is 29.1 Å². The molecule has 2 aromatic carbocycles. The van der Waals surface area contributed by atoms with Gasteiger partial charge in [-0.25, -0.2) is 4.98 Å². The van der Waals surface area contributed by atoms with Gasteiger partial charge < -0.3 is 15.4 Å². The number of benzene rings is 2. The average molecular weight is 383 g/mol. The lowest BCUT2D eigenvalue weighted by atomic mass is 10.1. The van der Waals surface area contributed by atoms with Crippen LogP contribution in [0.2, 0.25) is 5.02 Å². The molecule has 5 nitrogen and oxygen atoms in total. The minimum Gasteiger partial charge on any atom is -0.497 e. The molecule has 0 bridgehead atoms. The number of rotatable bonds is 7. The van der Waals surface area contributed by atoms with Gasteiger partial charge in [0, 0.05) is 29.0 Å². The van der Waals surface area contributed by atoms with Crippen molar-refractivity contribution in [3.8, 4) is 5.75 Å². The highest BCUT2D eigenvalue weighted by Crippen LogP contribution is 2.23. The summed E-state index contributed by atoms with van der Waals surface area (Å²) < 4.78 is 5.27. The Kier molecular flexibility index (Phi) is 6.14. The van der Waals surface area contributed by atoms with Crippen LogP contribution in [-0.4, -0.2) is 23.6 Å². The third-order valence-corrected chi connectivity index (χ3v) is 4.38. The van der Waals surface area contributed by atoms with E-state index in [9.17, 15) is 0 Å². The highest BCUT2D eigenvalue weighted by Gasteiger charge is 2.05. The molecule has 3 aromatic rings. The van der Waals surface area contributed by atoms with Gasteiger partial charge in [-0.05, 0) is 61.7 Å². The lowest BCUT2D eigenvalue weighted by Crippen LogP contribution is -2.09. The number of nitrogens with one attached hydrogen (secondary N) is 2. The maximum absolute atomic E-state index is 6.02. The van der Waals surface area contributed by atoms with Crippen molar-refractivity contribution < 1.29 is 4.74 Å². The first-order chi connectivity index (χ1) is 13.0. The van der Waals surface area contributed by atoms with E-state index >= 15 is 0 Å². The molecule has 140 valence electrons. The molecule has 0 saturated heterocycles. The number of hydrogen-bond acceptors (Lipinski definition) is 5. The second-order valence-corrected chi connectivity index (χ2v) is 6.77. The Morgan fingerprint density at radius 2 is 1.89 bits per heavy atom. The first-order valence-corrected chi connectivity index (χ1v) is 9.17. The normalized spacial score (nSPS) is 10.5. The van der Waals surface area contributed by atoms with Crippen LogP contribution in [0, 0.1) is 13.8 Å². The molecule has 0 spiro atoms. The number of halogens is 1. The van der Waals surface area contributed by atoms with Crippen molar-refractivity contribution in [3.05, 3.63) is 70.4 Å². The third kappa shape index (κ3) is 5.34. The molecule has 3 rings (SSSR count). The molecule has 2 N–H and O–H groups in total. The summed E-state index contributed by atoms with van der Waals surface area (Å²) in [6.07, 6.45) is 0.874. The number of aromatic nitrogens is 2. The molecule has 27 heavy (non-hydrogen) atoms. The topological polar surface area (TPSA) is 59.1 Å². The van der Waals surface area contributed by atoms with Crippen molar-refractivity contribution in [2.45, 2.75) is 20.3 Å². The van der Waals surface area contributed by atoms with E-state index in [0.717, 1.165) is 41.5 Å². The van der Waals surface area contributed by atoms with Crippen LogP contribution in [0.5, 0.6) is 5.75 Å². The average Bonchev–Trinajstić information content (AvgIpc) is 2.64. The summed E-state index contributed by atoms with van der Waals surface area (Å²) in [4.78, 5) is 9.04. The van der Waals surface area contributed by atoms with Crippen LogP contribution >= 0.6 is 11.6 Å². The van der Waals surface area contributed by atoms with Gasteiger partial charge in [0.25, 0.3) is 0 Å². The number of aryl methyl sites for hydroxylation is 2. The predicted molar refractivity (Wildman–Crippen MR) is 111 cm³/mol. The highest BCUT2D eigenvalue weighted by atomic mass is 35.5. The predicted octanol–water partition coefficient (Wildman–Crippen LogP) is 5.15. The molecular formula is C21H23ClN4O. The summed E-state index contributed by atoms with van der Waals surface area (Å²) in [5.41, 5.74) is 4.08. The van der Waals surface area contributed by atoms with Crippen LogP contribution in [0.1, 0.15) is 16.8 Å². The Bertz CT molecular complexity index is 930. The van der Waals surface area contributed by atoms with Crippen molar-refractivity contribution in [2.75, 3.05) is 24.3 Å². The van der Waals surface area contributed by atoms with E-state index in [4.69, 9.17) is 16.3 Å². The Morgan fingerprint density at radius 3 is 2.67 bits per heavy atom. The van der Waals surface area contributed by atoms with E-state index in [1.54, 1.807) is 7.11 Å². The minimum atomic E-state index is 0.560. The summed E-state index contributed by atoms with van der Waals surface area (Å²) in [6, 6.07) is 15.7. The summed E-state index contributed by atoms with van der Waals surface area (Å²) in [5.74, 6) is 2.22. The standard InChI is InChI=1S/C21H23ClN4O/c1-14-11-17(22)7-8-19(14)25-21-24-15(2)12-20(26-21)23-10-9-16-5-4-6-18(13-16)27-3/h4-8,11-13H,9-10H2,1-3H3,(H2,23,24,25,26). The molecule has 0 saturated carbocycles. The summed E-state index contributed by atoms with van der Waals surface area (Å²) in [5, 5.41) is 7.35. The van der Waals surface area contributed by atoms with Gasteiger partial charge in [0.1, 0.15) is 11.6 Å². The van der Waals surface area contributed by atoms with Gasteiger partial charge in [0.15, 0.2) is 0 Å². The molecule has 0 aliphatic rings. The van der Waals surface area contributed by atoms with Crippen molar-refractivity contribution in [1.82, 2.24) is 9.97 Å². The molecule has 0 fully saturated rings. The van der Waals surface area contributed by atoms with Gasteiger partial charge in [0.2, 0.25) is 5.95 Å². The first kappa shape index (κ1) is 19.0.